The lowest BCUT2D eigenvalue weighted by Gasteiger charge is -2.36. The minimum absolute atomic E-state index is 0.0903. The quantitative estimate of drug-likeness (QED) is 0.682. The molecule has 3 N–H and O–H groups in total. The largest absolute Gasteiger partial charge is 0.480 e. The van der Waals surface area contributed by atoms with Crippen LogP contribution >= 0.6 is 0 Å². The maximum Gasteiger partial charge on any atom is 0.321 e. The number of carbonyl (C=O) groups is 1. The molecule has 0 aromatic carbocycles. The van der Waals surface area contributed by atoms with Gasteiger partial charge in [0.05, 0.1) is 0 Å². The van der Waals surface area contributed by atoms with Crippen molar-refractivity contribution in [3.63, 3.8) is 0 Å². The molecule has 0 aromatic rings. The zero-order valence-electron chi connectivity index (χ0n) is 9.16. The molecule has 82 valence electrons. The first-order valence-electron chi connectivity index (χ1n) is 5.07. The highest BCUT2D eigenvalue weighted by atomic mass is 16.4. The molecule has 0 aromatic heterocycles. The number of hydrogen-bond acceptors (Lipinski definition) is 3. The van der Waals surface area contributed by atoms with Gasteiger partial charge in [0.25, 0.3) is 0 Å². The molecule has 4 nitrogen and oxygen atoms in total. The molecule has 4 heteroatoms. The van der Waals surface area contributed by atoms with E-state index in [2.05, 4.69) is 0 Å². The summed E-state index contributed by atoms with van der Waals surface area (Å²) in [6.07, 6.45) is 0.894. The fraction of sp³-hybridized carbons (Fsp3) is 0.900. The van der Waals surface area contributed by atoms with Crippen LogP contribution in [0, 0.1) is 5.92 Å². The number of carboxylic acids is 1. The third-order valence-corrected chi connectivity index (χ3v) is 2.94. The number of aliphatic carboxylic acids is 1. The maximum absolute atomic E-state index is 11.1. The molecule has 2 atom stereocenters. The monoisotopic (exact) mass is 200 g/mol. The van der Waals surface area contributed by atoms with Gasteiger partial charge >= 0.3 is 5.97 Å². The Bertz CT molecular complexity index is 223. The van der Waals surface area contributed by atoms with Crippen molar-refractivity contribution in [2.24, 2.45) is 11.7 Å². The van der Waals surface area contributed by atoms with Crippen molar-refractivity contribution in [3.05, 3.63) is 0 Å². The van der Waals surface area contributed by atoms with E-state index in [0.29, 0.717) is 6.54 Å². The third-order valence-electron chi connectivity index (χ3n) is 2.94. The molecular weight excluding hydrogens is 180 g/mol. The zero-order chi connectivity index (χ0) is 10.9. The summed E-state index contributed by atoms with van der Waals surface area (Å²) in [4.78, 5) is 13.2. The van der Waals surface area contributed by atoms with Crippen molar-refractivity contribution >= 4 is 5.97 Å². The fourth-order valence-corrected chi connectivity index (χ4v) is 2.19. The SMILES string of the molecule is CC(C)(C)N1CC[C@H](CN)C1C(=O)O. The third kappa shape index (κ3) is 2.07. The van der Waals surface area contributed by atoms with E-state index in [-0.39, 0.29) is 11.5 Å². The van der Waals surface area contributed by atoms with Crippen LogP contribution < -0.4 is 5.73 Å². The Labute approximate surface area is 85.1 Å². The molecule has 1 aliphatic rings. The molecule has 1 fully saturated rings. The molecule has 0 saturated carbocycles. The summed E-state index contributed by atoms with van der Waals surface area (Å²) in [7, 11) is 0. The minimum atomic E-state index is -0.743. The number of likely N-dealkylation sites (tertiary alicyclic amines) is 1. The summed E-state index contributed by atoms with van der Waals surface area (Å²) in [6, 6.07) is -0.403. The first-order chi connectivity index (χ1) is 6.38. The molecule has 0 bridgehead atoms. The van der Waals surface area contributed by atoms with E-state index in [1.54, 1.807) is 0 Å². The summed E-state index contributed by atoms with van der Waals surface area (Å²) in [5.41, 5.74) is 5.49. The van der Waals surface area contributed by atoms with Gasteiger partial charge in [-0.05, 0) is 46.2 Å². The average molecular weight is 200 g/mol. The second-order valence-corrected chi connectivity index (χ2v) is 4.93. The summed E-state index contributed by atoms with van der Waals surface area (Å²) in [6.45, 7) is 7.43. The van der Waals surface area contributed by atoms with Crippen LogP contribution in [0.1, 0.15) is 27.2 Å². The first-order valence-corrected chi connectivity index (χ1v) is 5.07. The summed E-state index contributed by atoms with van der Waals surface area (Å²) in [5, 5.41) is 9.15. The van der Waals surface area contributed by atoms with E-state index in [9.17, 15) is 4.79 Å². The van der Waals surface area contributed by atoms with Crippen LogP contribution in [0.4, 0.5) is 0 Å². The second-order valence-electron chi connectivity index (χ2n) is 4.93. The standard InChI is InChI=1S/C10H20N2O2/c1-10(2,3)12-5-4-7(6-11)8(12)9(13)14/h7-8H,4-6,11H2,1-3H3,(H,13,14)/t7-,8?/m1/s1. The Hall–Kier alpha value is -0.610. The van der Waals surface area contributed by atoms with Crippen molar-refractivity contribution in [1.29, 1.82) is 0 Å². The average Bonchev–Trinajstić information content (AvgIpc) is 2.45. The highest BCUT2D eigenvalue weighted by Gasteiger charge is 2.43. The molecule has 0 amide bonds. The molecular formula is C10H20N2O2. The summed E-state index contributed by atoms with van der Waals surface area (Å²) < 4.78 is 0. The Morgan fingerprint density at radius 3 is 2.50 bits per heavy atom. The minimum Gasteiger partial charge on any atom is -0.480 e. The fourth-order valence-electron chi connectivity index (χ4n) is 2.19. The highest BCUT2D eigenvalue weighted by Crippen LogP contribution is 2.30. The molecule has 1 aliphatic heterocycles. The van der Waals surface area contributed by atoms with Gasteiger partial charge in [-0.1, -0.05) is 0 Å². The van der Waals surface area contributed by atoms with Crippen molar-refractivity contribution in [2.75, 3.05) is 13.1 Å². The van der Waals surface area contributed by atoms with E-state index in [0.717, 1.165) is 13.0 Å². The Morgan fingerprint density at radius 1 is 1.57 bits per heavy atom. The van der Waals surface area contributed by atoms with Crippen molar-refractivity contribution in [3.8, 4) is 0 Å². The van der Waals surface area contributed by atoms with Crippen LogP contribution in [0.25, 0.3) is 0 Å². The predicted octanol–water partition coefficient (Wildman–Crippen LogP) is 0.519. The van der Waals surface area contributed by atoms with Crippen LogP contribution in [0.15, 0.2) is 0 Å². The summed E-state index contributed by atoms with van der Waals surface area (Å²) in [5.74, 6) is -0.639. The van der Waals surface area contributed by atoms with Crippen LogP contribution in [-0.4, -0.2) is 40.6 Å². The normalized spacial score (nSPS) is 29.4. The van der Waals surface area contributed by atoms with Crippen LogP contribution in [0.2, 0.25) is 0 Å². The van der Waals surface area contributed by atoms with E-state index >= 15 is 0 Å². The van der Waals surface area contributed by atoms with Gasteiger partial charge in [0, 0.05) is 5.54 Å². The lowest BCUT2D eigenvalue weighted by molar-refractivity contribution is -0.145. The van der Waals surface area contributed by atoms with Crippen molar-refractivity contribution in [1.82, 2.24) is 4.90 Å². The number of rotatable bonds is 2. The van der Waals surface area contributed by atoms with Gasteiger partial charge < -0.3 is 10.8 Å². The van der Waals surface area contributed by atoms with E-state index in [1.807, 2.05) is 25.7 Å². The van der Waals surface area contributed by atoms with Gasteiger partial charge in [0.1, 0.15) is 6.04 Å². The second kappa shape index (κ2) is 3.87. The van der Waals surface area contributed by atoms with Gasteiger partial charge in [-0.15, -0.1) is 0 Å². The Morgan fingerprint density at radius 2 is 2.14 bits per heavy atom. The molecule has 1 unspecified atom stereocenters. The lowest BCUT2D eigenvalue weighted by atomic mass is 9.98. The van der Waals surface area contributed by atoms with Gasteiger partial charge in [0.15, 0.2) is 0 Å². The molecule has 1 saturated heterocycles. The van der Waals surface area contributed by atoms with Crippen molar-refractivity contribution < 1.29 is 9.90 Å². The van der Waals surface area contributed by atoms with E-state index < -0.39 is 12.0 Å². The molecule has 0 radical (unpaired) electrons. The van der Waals surface area contributed by atoms with Crippen LogP contribution in [-0.2, 0) is 4.79 Å². The van der Waals surface area contributed by atoms with Crippen LogP contribution in [0.5, 0.6) is 0 Å². The van der Waals surface area contributed by atoms with Crippen molar-refractivity contribution in [2.45, 2.75) is 38.8 Å². The smallest absolute Gasteiger partial charge is 0.321 e. The maximum atomic E-state index is 11.1. The molecule has 1 heterocycles. The summed E-state index contributed by atoms with van der Waals surface area (Å²) >= 11 is 0. The molecule has 14 heavy (non-hydrogen) atoms. The van der Waals surface area contributed by atoms with Gasteiger partial charge in [-0.2, -0.15) is 0 Å². The topological polar surface area (TPSA) is 66.6 Å². The number of nitrogens with two attached hydrogens (primary N) is 1. The lowest BCUT2D eigenvalue weighted by Crippen LogP contribution is -2.50. The molecule has 0 spiro atoms. The van der Waals surface area contributed by atoms with E-state index in [4.69, 9.17) is 10.8 Å². The van der Waals surface area contributed by atoms with Gasteiger partial charge in [-0.3, -0.25) is 9.69 Å². The zero-order valence-corrected chi connectivity index (χ0v) is 9.16. The van der Waals surface area contributed by atoms with Crippen LogP contribution in [0.3, 0.4) is 0 Å². The number of nitrogens with zero attached hydrogens (tertiary/aromatic N) is 1. The van der Waals surface area contributed by atoms with E-state index in [1.165, 1.54) is 0 Å². The first kappa shape index (κ1) is 11.5. The van der Waals surface area contributed by atoms with Gasteiger partial charge in [0.2, 0.25) is 0 Å². The molecule has 1 rings (SSSR count). The van der Waals surface area contributed by atoms with Gasteiger partial charge in [-0.25, -0.2) is 0 Å². The Kier molecular flexibility index (Phi) is 3.17. The number of carboxylic acid groups (broad SMARTS) is 1. The predicted molar refractivity (Wildman–Crippen MR) is 55.0 cm³/mol. The Balaban J connectivity index is 2.84. The number of hydrogen-bond donors (Lipinski definition) is 2. The molecule has 0 aliphatic carbocycles. The highest BCUT2D eigenvalue weighted by molar-refractivity contribution is 5.74.